The van der Waals surface area contributed by atoms with Crippen LogP contribution >= 0.6 is 34.9 Å². The van der Waals surface area contributed by atoms with Gasteiger partial charge >= 0.3 is 0 Å². The van der Waals surface area contributed by atoms with Crippen molar-refractivity contribution in [2.45, 2.75) is 33.0 Å². The Hall–Kier alpha value is -0.560. The Labute approximate surface area is 120 Å². The predicted molar refractivity (Wildman–Crippen MR) is 78.8 cm³/mol. The number of hydrogen-bond donors (Lipinski definition) is 0. The predicted octanol–water partition coefficient (Wildman–Crippen LogP) is 3.62. The smallest absolute Gasteiger partial charge is 0.180 e. The molecule has 0 amide bonds. The Balaban J connectivity index is 1.83. The van der Waals surface area contributed by atoms with Gasteiger partial charge < -0.3 is 0 Å². The summed E-state index contributed by atoms with van der Waals surface area (Å²) in [5.74, 6) is 0. The van der Waals surface area contributed by atoms with Crippen molar-refractivity contribution in [1.29, 1.82) is 0 Å². The molecule has 6 heteroatoms. The van der Waals surface area contributed by atoms with Gasteiger partial charge in [0.25, 0.3) is 0 Å². The molecule has 1 aliphatic rings. The number of hydrogen-bond acceptors (Lipinski definition) is 5. The summed E-state index contributed by atoms with van der Waals surface area (Å²) >= 11 is 8.80. The van der Waals surface area contributed by atoms with Crippen LogP contribution in [0, 0.1) is 10.9 Å². The van der Waals surface area contributed by atoms with Crippen LogP contribution in [-0.2, 0) is 13.1 Å². The number of fused-ring (bicyclic) bond motifs is 1. The highest BCUT2D eigenvalue weighted by Crippen LogP contribution is 2.33. The van der Waals surface area contributed by atoms with E-state index in [1.54, 1.807) is 11.3 Å². The van der Waals surface area contributed by atoms with Gasteiger partial charge in [0.05, 0.1) is 6.67 Å². The second kappa shape index (κ2) is 4.85. The highest BCUT2D eigenvalue weighted by molar-refractivity contribution is 7.73. The fraction of sp³-hybridized carbons (Fsp3) is 0.500. The second-order valence-electron chi connectivity index (χ2n) is 4.57. The Morgan fingerprint density at radius 3 is 3.11 bits per heavy atom. The number of aryl methyl sites for hydroxylation is 1. The maximum Gasteiger partial charge on any atom is 0.180 e. The Morgan fingerprint density at radius 1 is 1.56 bits per heavy atom. The molecule has 1 aliphatic heterocycles. The molecule has 1 atom stereocenters. The largest absolute Gasteiger partial charge is 0.277 e. The van der Waals surface area contributed by atoms with Crippen molar-refractivity contribution in [2.75, 3.05) is 6.54 Å². The van der Waals surface area contributed by atoms with E-state index in [-0.39, 0.29) is 0 Å². The second-order valence-corrected chi connectivity index (χ2v) is 7.39. The molecule has 0 spiro atoms. The van der Waals surface area contributed by atoms with Crippen molar-refractivity contribution in [2.24, 2.45) is 0 Å². The third kappa shape index (κ3) is 2.18. The lowest BCUT2D eigenvalue weighted by molar-refractivity contribution is 0.144. The van der Waals surface area contributed by atoms with Crippen molar-refractivity contribution in [3.8, 4) is 0 Å². The maximum absolute atomic E-state index is 5.34. The van der Waals surface area contributed by atoms with Crippen molar-refractivity contribution in [3.63, 3.8) is 0 Å². The zero-order chi connectivity index (χ0) is 12.7. The molecule has 0 radical (unpaired) electrons. The van der Waals surface area contributed by atoms with Gasteiger partial charge in [-0.15, -0.1) is 11.3 Å². The van der Waals surface area contributed by atoms with E-state index in [0.29, 0.717) is 6.04 Å². The van der Waals surface area contributed by atoms with Gasteiger partial charge in [-0.3, -0.25) is 4.90 Å². The Morgan fingerprint density at radius 2 is 2.39 bits per heavy atom. The first-order valence-electron chi connectivity index (χ1n) is 6.00. The molecule has 3 nitrogen and oxygen atoms in total. The summed E-state index contributed by atoms with van der Waals surface area (Å²) in [6.45, 7) is 6.17. The van der Waals surface area contributed by atoms with E-state index in [4.69, 9.17) is 12.2 Å². The molecule has 2 aromatic heterocycles. The van der Waals surface area contributed by atoms with Crippen LogP contribution in [-0.4, -0.2) is 21.2 Å². The zero-order valence-corrected chi connectivity index (χ0v) is 12.9. The first-order chi connectivity index (χ1) is 8.65. The molecule has 0 saturated heterocycles. The fourth-order valence-electron chi connectivity index (χ4n) is 2.43. The zero-order valence-electron chi connectivity index (χ0n) is 10.4. The standard InChI is InChI=1S/C12H15N3S3/c1-8-10-4-6-17-11(10)3-5-14(8)7-15-12(16)18-9(2)13-15/h4,6,8H,3,5,7H2,1-2H3/t8-/m1/s1. The molecule has 3 heterocycles. The molecule has 0 unspecified atom stereocenters. The Kier molecular flexibility index (Phi) is 3.36. The van der Waals surface area contributed by atoms with E-state index in [0.717, 1.165) is 28.6 Å². The van der Waals surface area contributed by atoms with Gasteiger partial charge in [0, 0.05) is 17.5 Å². The highest BCUT2D eigenvalue weighted by atomic mass is 32.1. The molecule has 0 bridgehead atoms. The third-order valence-corrected chi connectivity index (χ3v) is 5.65. The van der Waals surface area contributed by atoms with E-state index < -0.39 is 0 Å². The molecule has 3 rings (SSSR count). The lowest BCUT2D eigenvalue weighted by Crippen LogP contribution is -2.35. The van der Waals surface area contributed by atoms with Crippen LogP contribution in [0.3, 0.4) is 0 Å². The van der Waals surface area contributed by atoms with Crippen LogP contribution in [0.2, 0.25) is 0 Å². The fourth-order valence-corrected chi connectivity index (χ4v) is 4.45. The van der Waals surface area contributed by atoms with E-state index in [9.17, 15) is 0 Å². The lowest BCUT2D eigenvalue weighted by atomic mass is 10.0. The van der Waals surface area contributed by atoms with Gasteiger partial charge in [-0.05, 0) is 49.5 Å². The van der Waals surface area contributed by atoms with Crippen LogP contribution < -0.4 is 0 Å². The summed E-state index contributed by atoms with van der Waals surface area (Å²) in [5, 5.41) is 7.71. The summed E-state index contributed by atoms with van der Waals surface area (Å²) in [6.07, 6.45) is 1.15. The molecule has 0 aliphatic carbocycles. The van der Waals surface area contributed by atoms with Crippen LogP contribution in [0.5, 0.6) is 0 Å². The number of rotatable bonds is 2. The molecular formula is C12H15N3S3. The average Bonchev–Trinajstić information content (AvgIpc) is 2.90. The summed E-state index contributed by atoms with van der Waals surface area (Å²) in [5.41, 5.74) is 1.48. The lowest BCUT2D eigenvalue weighted by Gasteiger charge is -2.33. The minimum Gasteiger partial charge on any atom is -0.277 e. The molecule has 96 valence electrons. The van der Waals surface area contributed by atoms with Crippen LogP contribution in [0.15, 0.2) is 11.4 Å². The first kappa shape index (κ1) is 12.5. The van der Waals surface area contributed by atoms with Gasteiger partial charge in [-0.2, -0.15) is 5.10 Å². The molecule has 0 N–H and O–H groups in total. The average molecular weight is 297 g/mol. The Bertz CT molecular complexity index is 610. The van der Waals surface area contributed by atoms with Gasteiger partial charge in [-0.25, -0.2) is 4.68 Å². The van der Waals surface area contributed by atoms with Gasteiger partial charge in [0.2, 0.25) is 0 Å². The summed E-state index contributed by atoms with van der Waals surface area (Å²) in [6, 6.07) is 2.71. The molecule has 2 aromatic rings. The SMILES string of the molecule is Cc1nn(CN2CCc3sccc3[C@H]2C)c(=S)s1. The van der Waals surface area contributed by atoms with Gasteiger partial charge in [0.15, 0.2) is 3.95 Å². The van der Waals surface area contributed by atoms with Crippen molar-refractivity contribution >= 4 is 34.9 Å². The first-order valence-corrected chi connectivity index (χ1v) is 8.10. The quantitative estimate of drug-likeness (QED) is 0.790. The van der Waals surface area contributed by atoms with Crippen LogP contribution in [0.4, 0.5) is 0 Å². The molecular weight excluding hydrogens is 282 g/mol. The normalized spacial score (nSPS) is 20.0. The number of aromatic nitrogens is 2. The van der Waals surface area contributed by atoms with Crippen molar-refractivity contribution < 1.29 is 0 Å². The number of nitrogens with zero attached hydrogens (tertiary/aromatic N) is 3. The van der Waals surface area contributed by atoms with E-state index in [2.05, 4.69) is 28.4 Å². The van der Waals surface area contributed by atoms with Gasteiger partial charge in [0.1, 0.15) is 5.01 Å². The van der Waals surface area contributed by atoms with Crippen molar-refractivity contribution in [1.82, 2.24) is 14.7 Å². The van der Waals surface area contributed by atoms with Gasteiger partial charge in [-0.1, -0.05) is 11.3 Å². The number of thiophene rings is 1. The van der Waals surface area contributed by atoms with Crippen LogP contribution in [0.1, 0.15) is 28.4 Å². The monoisotopic (exact) mass is 297 g/mol. The topological polar surface area (TPSA) is 21.1 Å². The van der Waals surface area contributed by atoms with E-state index >= 15 is 0 Å². The summed E-state index contributed by atoms with van der Waals surface area (Å²) in [7, 11) is 0. The minimum atomic E-state index is 0.462. The van der Waals surface area contributed by atoms with E-state index in [1.807, 2.05) is 22.9 Å². The molecule has 0 aromatic carbocycles. The molecule has 18 heavy (non-hydrogen) atoms. The third-order valence-electron chi connectivity index (χ3n) is 3.43. The minimum absolute atomic E-state index is 0.462. The molecule has 0 saturated carbocycles. The highest BCUT2D eigenvalue weighted by Gasteiger charge is 2.25. The van der Waals surface area contributed by atoms with E-state index in [1.165, 1.54) is 10.4 Å². The maximum atomic E-state index is 5.34. The summed E-state index contributed by atoms with van der Waals surface area (Å²) in [4.78, 5) is 3.99. The van der Waals surface area contributed by atoms with Crippen LogP contribution in [0.25, 0.3) is 0 Å². The molecule has 0 fully saturated rings. The summed E-state index contributed by atoms with van der Waals surface area (Å²) < 4.78 is 2.82. The van der Waals surface area contributed by atoms with Crippen molar-refractivity contribution in [3.05, 3.63) is 30.8 Å².